The topological polar surface area (TPSA) is 165 Å². The number of alkyl halides is 6. The van der Waals surface area contributed by atoms with Crippen molar-refractivity contribution in [1.29, 1.82) is 0 Å². The summed E-state index contributed by atoms with van der Waals surface area (Å²) in [6.45, 7) is 3.93. The van der Waals surface area contributed by atoms with Crippen LogP contribution in [-0.4, -0.2) is 60.2 Å². The number of aryl methyl sites for hydroxylation is 2. The van der Waals surface area contributed by atoms with Crippen LogP contribution in [0.3, 0.4) is 0 Å². The number of anilines is 5. The van der Waals surface area contributed by atoms with Crippen LogP contribution in [0.5, 0.6) is 11.5 Å². The van der Waals surface area contributed by atoms with E-state index in [4.69, 9.17) is 26.8 Å². The smallest absolute Gasteiger partial charge is 0.433 e. The first kappa shape index (κ1) is 55.1. The Morgan fingerprint density at radius 3 is 1.38 bits per heavy atom. The molecule has 2 aliphatic rings. The van der Waals surface area contributed by atoms with Crippen molar-refractivity contribution in [1.82, 2.24) is 20.6 Å². The number of methoxy groups -OCH3 is 2. The molecule has 4 aromatic carbocycles. The minimum atomic E-state index is -4.57. The van der Waals surface area contributed by atoms with Gasteiger partial charge in [0.05, 0.1) is 14.2 Å². The Kier molecular flexibility index (Phi) is 19.2. The van der Waals surface area contributed by atoms with Gasteiger partial charge in [0, 0.05) is 64.1 Å². The van der Waals surface area contributed by atoms with Crippen molar-refractivity contribution < 1.29 is 45.4 Å². The molecule has 388 valence electrons. The lowest BCUT2D eigenvalue weighted by atomic mass is 9.90. The summed E-state index contributed by atoms with van der Waals surface area (Å²) < 4.78 is 89.4. The Balaban J connectivity index is 0.000000210. The van der Waals surface area contributed by atoms with Crippen LogP contribution in [-0.2, 0) is 12.4 Å². The second-order valence-electron chi connectivity index (χ2n) is 17.9. The van der Waals surface area contributed by atoms with Gasteiger partial charge in [-0.2, -0.15) is 26.3 Å². The second kappa shape index (κ2) is 25.4. The number of rotatable bonds is 12. The minimum absolute atomic E-state index is 0.00342. The van der Waals surface area contributed by atoms with Gasteiger partial charge in [0.15, 0.2) is 0 Å². The van der Waals surface area contributed by atoms with Gasteiger partial charge in [-0.15, -0.1) is 0 Å². The number of hydrogen-bond donors (Lipinski definition) is 6. The number of carbonyl (C=O) groups excluding carboxylic acids is 2. The number of amides is 2. The third-order valence-electron chi connectivity index (χ3n) is 12.1. The molecule has 8 rings (SSSR count). The molecule has 0 bridgehead atoms. The van der Waals surface area contributed by atoms with E-state index in [1.54, 1.807) is 74.9 Å². The average molecular weight is 1030 g/mol. The lowest BCUT2D eigenvalue weighted by Crippen LogP contribution is -2.40. The number of halogens is 7. The molecule has 6 aromatic rings. The maximum atomic E-state index is 13.5. The second-order valence-corrected chi connectivity index (χ2v) is 18.3. The molecule has 2 aromatic heterocycles. The zero-order valence-corrected chi connectivity index (χ0v) is 41.5. The lowest BCUT2D eigenvalue weighted by Gasteiger charge is -2.30. The normalized spacial score (nSPS) is 17.5. The Labute approximate surface area is 425 Å². The standard InChI is InChI=1S/C27H29F3N4O2.C20H21ClF3N3O2.C7H9N/c1-17-4-3-5-21(14-17)32-25-16-22(15-24(34-25)27(28,29)30)31-19-8-10-20(11-9-19)33-26(35)18-6-12-23(36-2)13-7-18;1-29-16-8-2-12(3-9-16)19(28)26-14-6-4-13(5-7-14)25-15-10-17(20(22,23)24)27-18(21)11-15;1-6-3-2-4-7(8)5-6/h3-7,12-16,19-20H,8-11H2,1-2H3,(H,33,35)(H2,31,32,34);2-3,8-11,13-14H,4-7H2,1H3,(H,25,27)(H,26,28);2-5H,8H2,1H3. The molecule has 2 saturated carbocycles. The van der Waals surface area contributed by atoms with E-state index in [0.717, 1.165) is 74.8 Å². The van der Waals surface area contributed by atoms with Crippen molar-refractivity contribution >= 4 is 52.0 Å². The molecule has 73 heavy (non-hydrogen) atoms. The van der Waals surface area contributed by atoms with Crippen molar-refractivity contribution in [2.24, 2.45) is 0 Å². The van der Waals surface area contributed by atoms with Crippen LogP contribution < -0.4 is 41.8 Å². The van der Waals surface area contributed by atoms with Crippen LogP contribution in [0.4, 0.5) is 54.9 Å². The first-order chi connectivity index (χ1) is 34.7. The van der Waals surface area contributed by atoms with Gasteiger partial charge in [0.1, 0.15) is 33.9 Å². The van der Waals surface area contributed by atoms with Gasteiger partial charge in [0.25, 0.3) is 11.8 Å². The summed E-state index contributed by atoms with van der Waals surface area (Å²) in [6.07, 6.45) is -3.33. The molecule has 2 fully saturated rings. The number of hydrogen-bond acceptors (Lipinski definition) is 10. The fourth-order valence-electron chi connectivity index (χ4n) is 8.35. The van der Waals surface area contributed by atoms with Crippen LogP contribution in [0.1, 0.15) is 94.6 Å². The van der Waals surface area contributed by atoms with E-state index in [-0.39, 0.29) is 47.0 Å². The van der Waals surface area contributed by atoms with E-state index in [1.165, 1.54) is 11.6 Å². The fourth-order valence-corrected chi connectivity index (χ4v) is 8.56. The van der Waals surface area contributed by atoms with Crippen LogP contribution in [0.25, 0.3) is 0 Å². The largest absolute Gasteiger partial charge is 0.497 e. The summed E-state index contributed by atoms with van der Waals surface area (Å²) in [4.78, 5) is 32.0. The number of nitrogens with zero attached hydrogens (tertiary/aromatic N) is 2. The van der Waals surface area contributed by atoms with Crippen LogP contribution in [0.2, 0.25) is 5.15 Å². The van der Waals surface area contributed by atoms with Crippen molar-refractivity contribution in [2.45, 2.75) is 102 Å². The van der Waals surface area contributed by atoms with E-state index in [0.29, 0.717) is 39.7 Å². The van der Waals surface area contributed by atoms with Crippen LogP contribution in [0.15, 0.2) is 121 Å². The van der Waals surface area contributed by atoms with Crippen molar-refractivity contribution in [3.8, 4) is 11.5 Å². The molecule has 0 aliphatic heterocycles. The summed E-state index contributed by atoms with van der Waals surface area (Å²) in [5.74, 6) is 1.18. The third kappa shape index (κ3) is 17.5. The number of benzene rings is 4. The number of nitrogen functional groups attached to an aromatic ring is 1. The Morgan fingerprint density at radius 1 is 0.548 bits per heavy atom. The van der Waals surface area contributed by atoms with Crippen LogP contribution in [0, 0.1) is 13.8 Å². The maximum absolute atomic E-state index is 13.5. The maximum Gasteiger partial charge on any atom is 0.433 e. The quantitative estimate of drug-likeness (QED) is 0.0395. The SMILES string of the molecule is COc1ccc(C(=O)NC2CCC(Nc3cc(Cl)nc(C(F)(F)F)c3)CC2)cc1.COc1ccc(C(=O)NC2CCC(Nc3cc(Nc4cccc(C)c4)nc(C(F)(F)F)c3)CC2)cc1.Cc1cccc(N)c1. The molecule has 0 radical (unpaired) electrons. The molecule has 0 saturated heterocycles. The molecule has 12 nitrogen and oxygen atoms in total. The van der Waals surface area contributed by atoms with Gasteiger partial charge in [0.2, 0.25) is 0 Å². The Morgan fingerprint density at radius 2 is 0.973 bits per heavy atom. The number of nitrogens with two attached hydrogens (primary N) is 1. The Bertz CT molecular complexity index is 2730. The molecule has 2 amide bonds. The fraction of sp³-hybridized carbons (Fsp3) is 0.333. The highest BCUT2D eigenvalue weighted by atomic mass is 35.5. The highest BCUT2D eigenvalue weighted by Gasteiger charge is 2.35. The summed E-state index contributed by atoms with van der Waals surface area (Å²) >= 11 is 5.72. The summed E-state index contributed by atoms with van der Waals surface area (Å²) in [5, 5.41) is 15.2. The molecule has 0 unspecified atom stereocenters. The van der Waals surface area contributed by atoms with Gasteiger partial charge in [-0.05, 0) is 167 Å². The first-order valence-corrected chi connectivity index (χ1v) is 24.0. The van der Waals surface area contributed by atoms with E-state index < -0.39 is 23.7 Å². The van der Waals surface area contributed by atoms with Crippen molar-refractivity contribution in [3.05, 3.63) is 160 Å². The number of ether oxygens (including phenoxy) is 2. The van der Waals surface area contributed by atoms with E-state index in [2.05, 4.69) is 36.6 Å². The van der Waals surface area contributed by atoms with Gasteiger partial charge in [-0.3, -0.25) is 9.59 Å². The number of aromatic nitrogens is 2. The van der Waals surface area contributed by atoms with Gasteiger partial charge in [-0.25, -0.2) is 9.97 Å². The third-order valence-corrected chi connectivity index (χ3v) is 12.3. The molecular weight excluding hydrogens is 974 g/mol. The predicted octanol–water partition coefficient (Wildman–Crippen LogP) is 12.8. The van der Waals surface area contributed by atoms with Crippen molar-refractivity contribution in [3.63, 3.8) is 0 Å². The van der Waals surface area contributed by atoms with Gasteiger partial charge < -0.3 is 41.8 Å². The molecule has 19 heteroatoms. The van der Waals surface area contributed by atoms with E-state index in [1.807, 2.05) is 56.3 Å². The molecule has 0 atom stereocenters. The minimum Gasteiger partial charge on any atom is -0.497 e. The predicted molar refractivity (Wildman–Crippen MR) is 274 cm³/mol. The highest BCUT2D eigenvalue weighted by molar-refractivity contribution is 6.29. The molecule has 7 N–H and O–H groups in total. The molecular formula is C54H59ClF6N8O4. The number of nitrogens with one attached hydrogen (secondary N) is 5. The van der Waals surface area contributed by atoms with Gasteiger partial charge >= 0.3 is 12.4 Å². The Hall–Kier alpha value is -7.21. The molecule has 2 aliphatic carbocycles. The number of carbonyl (C=O) groups is 2. The lowest BCUT2D eigenvalue weighted by molar-refractivity contribution is -0.141. The summed E-state index contributed by atoms with van der Waals surface area (Å²) in [5.41, 5.74) is 8.95. The monoisotopic (exact) mass is 1030 g/mol. The average Bonchev–Trinajstić information content (AvgIpc) is 3.35. The zero-order valence-electron chi connectivity index (χ0n) is 40.8. The van der Waals surface area contributed by atoms with Gasteiger partial charge in [-0.1, -0.05) is 35.9 Å². The van der Waals surface area contributed by atoms with E-state index in [9.17, 15) is 35.9 Å². The zero-order chi connectivity index (χ0) is 52.7. The molecule has 2 heterocycles. The highest BCUT2D eigenvalue weighted by Crippen LogP contribution is 2.34. The molecule has 0 spiro atoms. The van der Waals surface area contributed by atoms with Crippen LogP contribution >= 0.6 is 11.6 Å². The first-order valence-electron chi connectivity index (χ1n) is 23.7. The van der Waals surface area contributed by atoms with Crippen molar-refractivity contribution in [2.75, 3.05) is 35.9 Å². The number of pyridine rings is 2. The summed E-state index contributed by atoms with van der Waals surface area (Å²) in [6, 6.07) is 33.9. The summed E-state index contributed by atoms with van der Waals surface area (Å²) in [7, 11) is 3.13. The van der Waals surface area contributed by atoms with E-state index >= 15 is 0 Å².